The van der Waals surface area contributed by atoms with Gasteiger partial charge in [0.2, 0.25) is 0 Å². The van der Waals surface area contributed by atoms with Crippen LogP contribution in [0.5, 0.6) is 0 Å². The highest BCUT2D eigenvalue weighted by Gasteiger charge is 2.43. The molecule has 2 heterocycles. The zero-order valence-electron chi connectivity index (χ0n) is 12.6. The SMILES string of the molecule is O=C(O)CC1CC2CCC(C1)N2C(=O)NCCCC1CC1. The van der Waals surface area contributed by atoms with Crippen LogP contribution in [0.15, 0.2) is 0 Å². The van der Waals surface area contributed by atoms with Gasteiger partial charge >= 0.3 is 12.0 Å². The maximum atomic E-state index is 12.3. The first-order chi connectivity index (χ1) is 10.1. The number of carbonyl (C=O) groups excluding carboxylic acids is 1. The highest BCUT2D eigenvalue weighted by Crippen LogP contribution is 2.39. The molecule has 3 fully saturated rings. The number of aliphatic carboxylic acids is 1. The molecule has 3 aliphatic rings. The number of fused-ring (bicyclic) bond motifs is 2. The third-order valence-electron chi connectivity index (χ3n) is 5.29. The number of nitrogens with zero attached hydrogens (tertiary/aromatic N) is 1. The fourth-order valence-corrected chi connectivity index (χ4v) is 4.12. The molecule has 2 saturated heterocycles. The van der Waals surface area contributed by atoms with Crippen molar-refractivity contribution in [3.63, 3.8) is 0 Å². The van der Waals surface area contributed by atoms with Gasteiger partial charge in [0, 0.05) is 25.0 Å². The fourth-order valence-electron chi connectivity index (χ4n) is 4.12. The summed E-state index contributed by atoms with van der Waals surface area (Å²) >= 11 is 0. The molecule has 1 saturated carbocycles. The van der Waals surface area contributed by atoms with Gasteiger partial charge in [0.05, 0.1) is 0 Å². The predicted molar refractivity (Wildman–Crippen MR) is 79.0 cm³/mol. The van der Waals surface area contributed by atoms with Crippen molar-refractivity contribution in [2.24, 2.45) is 11.8 Å². The van der Waals surface area contributed by atoms with E-state index in [1.807, 2.05) is 4.90 Å². The van der Waals surface area contributed by atoms with Crippen molar-refractivity contribution in [1.29, 1.82) is 0 Å². The first-order valence-electron chi connectivity index (χ1n) is 8.41. The van der Waals surface area contributed by atoms with Crippen molar-refractivity contribution < 1.29 is 14.7 Å². The molecule has 0 aromatic rings. The van der Waals surface area contributed by atoms with Crippen LogP contribution in [0, 0.1) is 11.8 Å². The van der Waals surface area contributed by atoms with Gasteiger partial charge in [-0.2, -0.15) is 0 Å². The van der Waals surface area contributed by atoms with Crippen LogP contribution >= 0.6 is 0 Å². The number of piperidine rings is 1. The fraction of sp³-hybridized carbons (Fsp3) is 0.875. The van der Waals surface area contributed by atoms with Crippen molar-refractivity contribution in [1.82, 2.24) is 10.2 Å². The van der Waals surface area contributed by atoms with E-state index in [2.05, 4.69) is 5.32 Å². The van der Waals surface area contributed by atoms with E-state index >= 15 is 0 Å². The molecule has 0 aromatic heterocycles. The van der Waals surface area contributed by atoms with Crippen LogP contribution in [0.2, 0.25) is 0 Å². The van der Waals surface area contributed by atoms with Gasteiger partial charge in [-0.3, -0.25) is 4.79 Å². The minimum atomic E-state index is -0.711. The second-order valence-electron chi connectivity index (χ2n) is 7.05. The molecule has 2 bridgehead atoms. The molecule has 0 radical (unpaired) electrons. The summed E-state index contributed by atoms with van der Waals surface area (Å²) in [4.78, 5) is 25.2. The number of rotatable bonds is 6. The monoisotopic (exact) mass is 294 g/mol. The van der Waals surface area contributed by atoms with Crippen LogP contribution in [0.3, 0.4) is 0 Å². The molecule has 5 heteroatoms. The summed E-state index contributed by atoms with van der Waals surface area (Å²) in [5.41, 5.74) is 0. The first kappa shape index (κ1) is 14.7. The Bertz CT molecular complexity index is 394. The Morgan fingerprint density at radius 2 is 1.71 bits per heavy atom. The van der Waals surface area contributed by atoms with Gasteiger partial charge in [0.1, 0.15) is 0 Å². The summed E-state index contributed by atoms with van der Waals surface area (Å²) < 4.78 is 0. The van der Waals surface area contributed by atoms with Gasteiger partial charge in [0.25, 0.3) is 0 Å². The number of hydrogen-bond donors (Lipinski definition) is 2. The second-order valence-corrected chi connectivity index (χ2v) is 7.05. The molecule has 1 aliphatic carbocycles. The highest BCUT2D eigenvalue weighted by molar-refractivity contribution is 5.75. The van der Waals surface area contributed by atoms with E-state index in [-0.39, 0.29) is 30.5 Å². The molecule has 0 aromatic carbocycles. The molecule has 2 N–H and O–H groups in total. The van der Waals surface area contributed by atoms with Gasteiger partial charge in [-0.1, -0.05) is 12.8 Å². The van der Waals surface area contributed by atoms with E-state index in [0.717, 1.165) is 44.6 Å². The number of amides is 2. The van der Waals surface area contributed by atoms with Gasteiger partial charge in [-0.05, 0) is 50.4 Å². The summed E-state index contributed by atoms with van der Waals surface area (Å²) in [5, 5.41) is 12.0. The zero-order chi connectivity index (χ0) is 14.8. The summed E-state index contributed by atoms with van der Waals surface area (Å²) in [7, 11) is 0. The summed E-state index contributed by atoms with van der Waals surface area (Å²) in [6, 6.07) is 0.597. The van der Waals surface area contributed by atoms with Gasteiger partial charge in [0.15, 0.2) is 0 Å². The summed E-state index contributed by atoms with van der Waals surface area (Å²) in [6.45, 7) is 0.782. The first-order valence-corrected chi connectivity index (χ1v) is 8.41. The minimum Gasteiger partial charge on any atom is -0.481 e. The van der Waals surface area contributed by atoms with Crippen LogP contribution < -0.4 is 5.32 Å². The van der Waals surface area contributed by atoms with E-state index in [1.54, 1.807) is 0 Å². The van der Waals surface area contributed by atoms with Gasteiger partial charge in [-0.25, -0.2) is 4.79 Å². The molecule has 2 atom stereocenters. The molecular formula is C16H26N2O3. The lowest BCUT2D eigenvalue weighted by molar-refractivity contribution is -0.138. The average molecular weight is 294 g/mol. The number of carbonyl (C=O) groups is 2. The van der Waals surface area contributed by atoms with E-state index in [9.17, 15) is 9.59 Å². The highest BCUT2D eigenvalue weighted by atomic mass is 16.4. The van der Waals surface area contributed by atoms with E-state index in [0.29, 0.717) is 0 Å². The zero-order valence-corrected chi connectivity index (χ0v) is 12.6. The predicted octanol–water partition coefficient (Wildman–Crippen LogP) is 2.60. The molecule has 0 spiro atoms. The van der Waals surface area contributed by atoms with Crippen molar-refractivity contribution >= 4 is 12.0 Å². The summed E-state index contributed by atoms with van der Waals surface area (Å²) in [6.07, 6.45) is 9.12. The number of urea groups is 1. The minimum absolute atomic E-state index is 0.0760. The molecule has 2 amide bonds. The van der Waals surface area contributed by atoms with Crippen molar-refractivity contribution in [2.45, 2.75) is 69.9 Å². The Morgan fingerprint density at radius 3 is 2.29 bits per heavy atom. The number of nitrogens with one attached hydrogen (secondary N) is 1. The normalized spacial score (nSPS) is 31.2. The smallest absolute Gasteiger partial charge is 0.317 e. The third-order valence-corrected chi connectivity index (χ3v) is 5.29. The lowest BCUT2D eigenvalue weighted by atomic mass is 9.88. The standard InChI is InChI=1S/C16H26N2O3/c19-15(20)10-12-8-13-5-6-14(9-12)18(13)16(21)17-7-1-2-11-3-4-11/h11-14H,1-10H2,(H,17,21)(H,19,20). The lowest BCUT2D eigenvalue weighted by Crippen LogP contribution is -2.51. The van der Waals surface area contributed by atoms with E-state index in [1.165, 1.54) is 19.3 Å². The van der Waals surface area contributed by atoms with Crippen LogP contribution in [-0.4, -0.2) is 40.6 Å². The Balaban J connectivity index is 1.45. The quantitative estimate of drug-likeness (QED) is 0.740. The maximum absolute atomic E-state index is 12.3. The van der Waals surface area contributed by atoms with E-state index in [4.69, 9.17) is 5.11 Å². The molecule has 21 heavy (non-hydrogen) atoms. The topological polar surface area (TPSA) is 69.6 Å². The maximum Gasteiger partial charge on any atom is 0.317 e. The van der Waals surface area contributed by atoms with Crippen LogP contribution in [0.1, 0.15) is 57.8 Å². The lowest BCUT2D eigenvalue weighted by Gasteiger charge is -2.38. The Kier molecular flexibility index (Phi) is 4.36. The van der Waals surface area contributed by atoms with E-state index < -0.39 is 5.97 Å². The van der Waals surface area contributed by atoms with Crippen molar-refractivity contribution in [3.8, 4) is 0 Å². The molecule has 5 nitrogen and oxygen atoms in total. The number of hydrogen-bond acceptors (Lipinski definition) is 2. The molecular weight excluding hydrogens is 268 g/mol. The molecule has 118 valence electrons. The summed E-state index contributed by atoms with van der Waals surface area (Å²) in [5.74, 6) is 0.459. The molecule has 2 unspecified atom stereocenters. The molecule has 3 rings (SSSR count). The average Bonchev–Trinajstić information content (AvgIpc) is 3.19. The molecule has 2 aliphatic heterocycles. The largest absolute Gasteiger partial charge is 0.481 e. The Morgan fingerprint density at radius 1 is 1.05 bits per heavy atom. The number of carboxylic acid groups (broad SMARTS) is 1. The number of carboxylic acids is 1. The Hall–Kier alpha value is -1.26. The second kappa shape index (κ2) is 6.24. The van der Waals surface area contributed by atoms with Crippen LogP contribution in [0.4, 0.5) is 4.79 Å². The van der Waals surface area contributed by atoms with Crippen LogP contribution in [0.25, 0.3) is 0 Å². The van der Waals surface area contributed by atoms with Gasteiger partial charge in [-0.15, -0.1) is 0 Å². The third kappa shape index (κ3) is 3.69. The van der Waals surface area contributed by atoms with Gasteiger partial charge < -0.3 is 15.3 Å². The van der Waals surface area contributed by atoms with Crippen molar-refractivity contribution in [3.05, 3.63) is 0 Å². The van der Waals surface area contributed by atoms with Crippen LogP contribution in [-0.2, 0) is 4.79 Å². The van der Waals surface area contributed by atoms with Crippen molar-refractivity contribution in [2.75, 3.05) is 6.54 Å². The Labute approximate surface area is 126 Å².